The number of Topliss-reactive ketones (excluding diaryl/α,β-unsaturated/α-hetero) is 2. The molecule has 1 aromatic carbocycles. The zero-order chi connectivity index (χ0) is 56.6. The minimum Gasteiger partial charge on any atom is -0.458 e. The summed E-state index contributed by atoms with van der Waals surface area (Å²) in [6, 6.07) is 5.63. The number of terminal acetylenes is 3. The maximum Gasteiger partial charge on any atom is 0.329 e. The Bertz CT molecular complexity index is 2320. The van der Waals surface area contributed by atoms with Crippen LogP contribution in [0.15, 0.2) is 35.3 Å². The Morgan fingerprint density at radius 2 is 1.27 bits per heavy atom. The first kappa shape index (κ1) is 66.8. The van der Waals surface area contributed by atoms with Crippen LogP contribution < -0.4 is 21.9 Å². The number of ether oxygens (including phenoxy) is 10. The van der Waals surface area contributed by atoms with Crippen molar-refractivity contribution in [3.05, 3.63) is 52.1 Å². The van der Waals surface area contributed by atoms with Gasteiger partial charge in [0.2, 0.25) is 5.95 Å². The second-order valence-corrected chi connectivity index (χ2v) is 18.3. The number of hydrogen-bond donors (Lipinski definition) is 4. The van der Waals surface area contributed by atoms with Crippen LogP contribution in [-0.2, 0) is 68.3 Å². The Balaban J connectivity index is 0.000000537. The molecule has 0 fully saturated rings. The highest BCUT2D eigenvalue weighted by molar-refractivity contribution is 5.97. The van der Waals surface area contributed by atoms with Crippen molar-refractivity contribution in [1.82, 2.24) is 25.3 Å². The lowest BCUT2D eigenvalue weighted by molar-refractivity contribution is -0.157. The average Bonchev–Trinajstić information content (AvgIpc) is 3.39. The molecule has 0 aliphatic carbocycles. The van der Waals surface area contributed by atoms with Crippen LogP contribution in [0, 0.1) is 42.4 Å². The van der Waals surface area contributed by atoms with E-state index in [1.165, 1.54) is 6.20 Å². The molecule has 5 N–H and O–H groups in total. The molecule has 1 atom stereocenters. The molecule has 0 unspecified atom stereocenters. The van der Waals surface area contributed by atoms with E-state index >= 15 is 0 Å². The number of carbonyl (C=O) groups is 4. The third-order valence-corrected chi connectivity index (χ3v) is 10.3. The molecule has 22 heteroatoms. The number of nitrogens with two attached hydrogens (primary N) is 1. The molecule has 0 aliphatic heterocycles. The normalized spacial score (nSPS) is 11.6. The van der Waals surface area contributed by atoms with Crippen molar-refractivity contribution in [3.8, 4) is 37.0 Å². The van der Waals surface area contributed by atoms with E-state index in [1.54, 1.807) is 52.1 Å². The van der Waals surface area contributed by atoms with Crippen molar-refractivity contribution < 1.29 is 66.5 Å². The van der Waals surface area contributed by atoms with Gasteiger partial charge in [0.15, 0.2) is 11.2 Å². The van der Waals surface area contributed by atoms with E-state index < -0.39 is 34.5 Å². The van der Waals surface area contributed by atoms with E-state index in [1.807, 2.05) is 6.92 Å². The van der Waals surface area contributed by atoms with E-state index in [-0.39, 0.29) is 107 Å². The van der Waals surface area contributed by atoms with Gasteiger partial charge in [0.05, 0.1) is 97.7 Å². The maximum atomic E-state index is 13.0. The predicted molar refractivity (Wildman–Crippen MR) is 289 cm³/mol. The number of nitrogens with zero attached hydrogens (tertiary/aromatic N) is 3. The number of carbonyl (C=O) groups excluding carboxylic acids is 4. The van der Waals surface area contributed by atoms with Gasteiger partial charge in [0.25, 0.3) is 11.5 Å². The molecule has 77 heavy (non-hydrogen) atoms. The number of fused-ring (bicyclic) bond motifs is 1. The van der Waals surface area contributed by atoms with Gasteiger partial charge in [-0.25, -0.2) is 14.8 Å². The molecule has 1 amide bonds. The van der Waals surface area contributed by atoms with E-state index in [2.05, 4.69) is 48.3 Å². The minimum atomic E-state index is -0.978. The molecule has 0 radical (unpaired) electrons. The van der Waals surface area contributed by atoms with Gasteiger partial charge in [-0.1, -0.05) is 24.7 Å². The fourth-order valence-corrected chi connectivity index (χ4v) is 6.75. The quantitative estimate of drug-likeness (QED) is 0.0356. The summed E-state index contributed by atoms with van der Waals surface area (Å²) in [4.78, 5) is 77.7. The predicted octanol–water partition coefficient (Wildman–Crippen LogP) is 3.89. The number of nitrogen functional groups attached to an aromatic ring is 1. The number of H-pyrrole nitrogens is 1. The molecule has 22 nitrogen and oxygen atoms in total. The standard InChI is InChI=1S/C29H39N7O6.C26H40O9/c1-5-14-41-15-6-7-21(37)12-13-22(27(40)42-29(2,3)4)34-25(38)18-8-10-19(11-9-18)31-16-20-17-32-24-23(33-20)26(39)36-28(30)35-24;1-5-9-33-22-26(23-34-10-6-2,24-35-11-7-3)21-25(27)8-12-29-15-16-31-19-20-32-18-17-30-14-13-28-4/h8-11,17,22,31H,5-7,12-16H2,1-4H3,(H,34,38)(H3,30,32,35,36,39);1-3H,8-24H2,4H3/t22-;/m0./s1. The molecule has 0 aliphatic rings. The van der Waals surface area contributed by atoms with Gasteiger partial charge in [-0.15, -0.1) is 19.3 Å². The second kappa shape index (κ2) is 39.9. The van der Waals surface area contributed by atoms with Gasteiger partial charge in [0.1, 0.15) is 43.0 Å². The number of aromatic nitrogens is 4. The van der Waals surface area contributed by atoms with E-state index in [0.29, 0.717) is 95.9 Å². The fourth-order valence-electron chi connectivity index (χ4n) is 6.75. The van der Waals surface area contributed by atoms with Crippen molar-refractivity contribution in [3.63, 3.8) is 0 Å². The largest absolute Gasteiger partial charge is 0.458 e. The Kier molecular flexibility index (Phi) is 34.6. The molecule has 2 aromatic heterocycles. The van der Waals surface area contributed by atoms with Crippen molar-refractivity contribution in [2.24, 2.45) is 5.41 Å². The molecule has 0 spiro atoms. The van der Waals surface area contributed by atoms with Gasteiger partial charge in [-0.05, 0) is 64.3 Å². The molecular formula is C55H79N7O15. The lowest BCUT2D eigenvalue weighted by Crippen LogP contribution is -2.44. The van der Waals surface area contributed by atoms with Crippen LogP contribution in [0.25, 0.3) is 11.2 Å². The molecular weight excluding hydrogens is 999 g/mol. The zero-order valence-corrected chi connectivity index (χ0v) is 45.4. The van der Waals surface area contributed by atoms with Gasteiger partial charge in [-0.3, -0.25) is 24.2 Å². The lowest BCUT2D eigenvalue weighted by Gasteiger charge is -2.32. The number of anilines is 2. The van der Waals surface area contributed by atoms with Gasteiger partial charge >= 0.3 is 5.97 Å². The number of aromatic amines is 1. The number of hydrogen-bond acceptors (Lipinski definition) is 20. The highest BCUT2D eigenvalue weighted by atomic mass is 16.6. The van der Waals surface area contributed by atoms with Crippen molar-refractivity contribution in [1.29, 1.82) is 0 Å². The summed E-state index contributed by atoms with van der Waals surface area (Å²) >= 11 is 0. The smallest absolute Gasteiger partial charge is 0.329 e. The van der Waals surface area contributed by atoms with Crippen LogP contribution in [0.4, 0.5) is 11.6 Å². The van der Waals surface area contributed by atoms with Gasteiger partial charge in [0, 0.05) is 62.7 Å². The molecule has 0 saturated carbocycles. The Labute approximate surface area is 452 Å². The number of methoxy groups -OCH3 is 1. The first-order valence-corrected chi connectivity index (χ1v) is 25.4. The topological polar surface area (TPSA) is 282 Å². The van der Waals surface area contributed by atoms with Crippen LogP contribution >= 0.6 is 0 Å². The van der Waals surface area contributed by atoms with Crippen LogP contribution in [0.1, 0.15) is 88.7 Å². The van der Waals surface area contributed by atoms with Crippen LogP contribution in [0.3, 0.4) is 0 Å². The minimum absolute atomic E-state index is 0.00515. The molecule has 3 rings (SSSR count). The summed E-state index contributed by atoms with van der Waals surface area (Å²) in [6.45, 7) is 13.6. The molecule has 2 heterocycles. The Morgan fingerprint density at radius 3 is 1.82 bits per heavy atom. The monoisotopic (exact) mass is 1080 g/mol. The summed E-state index contributed by atoms with van der Waals surface area (Å²) in [5, 5.41) is 5.88. The summed E-state index contributed by atoms with van der Waals surface area (Å²) in [6.07, 6.45) is 19.8. The molecule has 0 saturated heterocycles. The van der Waals surface area contributed by atoms with Crippen LogP contribution in [-0.4, -0.2) is 174 Å². The number of nitrogens with one attached hydrogen (secondary N) is 3. The number of benzene rings is 1. The first-order valence-electron chi connectivity index (χ1n) is 25.4. The van der Waals surface area contributed by atoms with E-state index in [0.717, 1.165) is 6.42 Å². The third-order valence-electron chi connectivity index (χ3n) is 10.3. The van der Waals surface area contributed by atoms with Crippen molar-refractivity contribution in [2.75, 3.05) is 130 Å². The van der Waals surface area contributed by atoms with E-state index in [4.69, 9.17) is 72.4 Å². The summed E-state index contributed by atoms with van der Waals surface area (Å²) in [5.74, 6) is 6.09. The number of ketones is 2. The molecule has 424 valence electrons. The summed E-state index contributed by atoms with van der Waals surface area (Å²) < 4.78 is 53.9. The molecule has 3 aromatic rings. The fraction of sp³-hybridized carbons (Fsp3) is 0.600. The number of rotatable bonds is 41. The Hall–Kier alpha value is -6.36. The second-order valence-electron chi connectivity index (χ2n) is 18.3. The van der Waals surface area contributed by atoms with Crippen LogP contribution in [0.2, 0.25) is 0 Å². The number of esters is 1. The number of amides is 1. The maximum absolute atomic E-state index is 13.0. The SMILES string of the molecule is C#CCOCC(COCC#C)(COCC#C)CC(=O)CCOCCOCCOCCOCCOC.CCCOCCCC(=O)CC[C@H](NC(=O)c1ccc(NCc2cnc3nc(N)[nH]c(=O)c3n2)cc1)C(=O)OC(C)(C)C. The summed E-state index contributed by atoms with van der Waals surface area (Å²) in [5.41, 5.74) is 5.32. The molecule has 0 bridgehead atoms. The first-order chi connectivity index (χ1) is 37.1. The van der Waals surface area contributed by atoms with Crippen molar-refractivity contribution >= 4 is 46.2 Å². The lowest BCUT2D eigenvalue weighted by atomic mass is 9.84. The highest BCUT2D eigenvalue weighted by Crippen LogP contribution is 2.26. The summed E-state index contributed by atoms with van der Waals surface area (Å²) in [7, 11) is 1.63. The average molecular weight is 1080 g/mol. The van der Waals surface area contributed by atoms with Crippen molar-refractivity contribution in [2.45, 2.75) is 90.8 Å². The van der Waals surface area contributed by atoms with Crippen LogP contribution in [0.5, 0.6) is 0 Å². The zero-order valence-electron chi connectivity index (χ0n) is 45.4. The van der Waals surface area contributed by atoms with Gasteiger partial charge in [-0.2, -0.15) is 4.98 Å². The Morgan fingerprint density at radius 1 is 0.714 bits per heavy atom. The van der Waals surface area contributed by atoms with Gasteiger partial charge < -0.3 is 63.7 Å². The van der Waals surface area contributed by atoms with E-state index in [9.17, 15) is 24.0 Å². The third kappa shape index (κ3) is 30.8. The highest BCUT2D eigenvalue weighted by Gasteiger charge is 2.34.